The number of aromatic nitrogens is 5. The molecule has 0 bridgehead atoms. The van der Waals surface area contributed by atoms with Crippen molar-refractivity contribution in [2.75, 3.05) is 25.0 Å². The molecular formula is C26H27N7O. The van der Waals surface area contributed by atoms with Crippen LogP contribution in [-0.4, -0.2) is 55.9 Å². The van der Waals surface area contributed by atoms with Gasteiger partial charge in [-0.25, -0.2) is 0 Å². The van der Waals surface area contributed by atoms with E-state index in [1.807, 2.05) is 83.6 Å². The first-order chi connectivity index (χ1) is 16.7. The van der Waals surface area contributed by atoms with Crippen LogP contribution in [0.4, 0.5) is 11.5 Å². The molecular weight excluding hydrogens is 426 g/mol. The fraction of sp³-hybridized carbons (Fsp3) is 0.269. The third-order valence-corrected chi connectivity index (χ3v) is 6.31. The molecule has 0 N–H and O–H groups in total. The van der Waals surface area contributed by atoms with Crippen molar-refractivity contribution in [3.05, 3.63) is 90.6 Å². The summed E-state index contributed by atoms with van der Waals surface area (Å²) in [6, 6.07) is 21.8. The molecule has 0 spiro atoms. The largest absolute Gasteiger partial charge is 0.338 e. The number of anilines is 2. The minimum absolute atomic E-state index is 0.0607. The zero-order valence-corrected chi connectivity index (χ0v) is 19.2. The normalized spacial score (nSPS) is 15.8. The summed E-state index contributed by atoms with van der Waals surface area (Å²) in [5.74, 6) is 1.24. The average Bonchev–Trinajstić information content (AvgIpc) is 3.44. The van der Waals surface area contributed by atoms with Crippen LogP contribution in [0.15, 0.2) is 79.4 Å². The van der Waals surface area contributed by atoms with Crippen LogP contribution < -0.4 is 4.90 Å². The molecule has 0 saturated carbocycles. The third kappa shape index (κ3) is 4.80. The molecule has 8 nitrogen and oxygen atoms in total. The Bertz CT molecular complexity index is 1230. The highest BCUT2D eigenvalue weighted by atomic mass is 16.2. The second kappa shape index (κ2) is 9.82. The maximum absolute atomic E-state index is 13.2. The summed E-state index contributed by atoms with van der Waals surface area (Å²) >= 11 is 0. The van der Waals surface area contributed by atoms with E-state index in [9.17, 15) is 4.79 Å². The molecule has 1 fully saturated rings. The third-order valence-electron chi connectivity index (χ3n) is 6.31. The van der Waals surface area contributed by atoms with E-state index < -0.39 is 0 Å². The monoisotopic (exact) mass is 453 g/mol. The van der Waals surface area contributed by atoms with Gasteiger partial charge in [0.25, 0.3) is 5.91 Å². The highest BCUT2D eigenvalue weighted by molar-refractivity contribution is 5.94. The van der Waals surface area contributed by atoms with Gasteiger partial charge in [0.2, 0.25) is 0 Å². The lowest BCUT2D eigenvalue weighted by Gasteiger charge is -2.33. The van der Waals surface area contributed by atoms with E-state index in [0.717, 1.165) is 55.2 Å². The summed E-state index contributed by atoms with van der Waals surface area (Å²) in [4.78, 5) is 17.2. The fourth-order valence-corrected chi connectivity index (χ4v) is 4.45. The van der Waals surface area contributed by atoms with Crippen LogP contribution in [0.5, 0.6) is 0 Å². The number of benzene rings is 2. The fourth-order valence-electron chi connectivity index (χ4n) is 4.45. The van der Waals surface area contributed by atoms with Gasteiger partial charge in [0.15, 0.2) is 5.82 Å². The van der Waals surface area contributed by atoms with Gasteiger partial charge < -0.3 is 9.80 Å². The first-order valence-electron chi connectivity index (χ1n) is 11.5. The lowest BCUT2D eigenvalue weighted by atomic mass is 9.93. The van der Waals surface area contributed by atoms with E-state index in [4.69, 9.17) is 0 Å². The van der Waals surface area contributed by atoms with E-state index in [1.165, 1.54) is 0 Å². The Balaban J connectivity index is 1.23. The summed E-state index contributed by atoms with van der Waals surface area (Å²) in [5, 5.41) is 16.6. The van der Waals surface area contributed by atoms with Crippen LogP contribution in [-0.2, 0) is 6.42 Å². The molecule has 1 aliphatic rings. The Morgan fingerprint density at radius 1 is 1.00 bits per heavy atom. The number of para-hydroxylation sites is 1. The van der Waals surface area contributed by atoms with E-state index in [2.05, 4.69) is 20.4 Å². The molecule has 1 saturated heterocycles. The molecule has 34 heavy (non-hydrogen) atoms. The van der Waals surface area contributed by atoms with Gasteiger partial charge in [0.05, 0.1) is 5.69 Å². The summed E-state index contributed by atoms with van der Waals surface area (Å²) < 4.78 is 1.80. The summed E-state index contributed by atoms with van der Waals surface area (Å²) in [7, 11) is 1.99. The van der Waals surface area contributed by atoms with E-state index in [1.54, 1.807) is 17.2 Å². The lowest BCUT2D eigenvalue weighted by molar-refractivity contribution is 0.0672. The Morgan fingerprint density at radius 3 is 2.59 bits per heavy atom. The second-order valence-corrected chi connectivity index (χ2v) is 8.66. The molecule has 8 heteroatoms. The quantitative estimate of drug-likeness (QED) is 0.440. The van der Waals surface area contributed by atoms with Gasteiger partial charge >= 0.3 is 0 Å². The molecule has 0 unspecified atom stereocenters. The molecule has 3 heterocycles. The minimum atomic E-state index is 0.0607. The van der Waals surface area contributed by atoms with Crippen LogP contribution in [0.3, 0.4) is 0 Å². The topological polar surface area (TPSA) is 80.0 Å². The molecule has 5 rings (SSSR count). The Kier molecular flexibility index (Phi) is 6.29. The number of likely N-dealkylation sites (tertiary alicyclic amines) is 1. The zero-order valence-electron chi connectivity index (χ0n) is 19.2. The van der Waals surface area contributed by atoms with Crippen LogP contribution in [0.1, 0.15) is 28.9 Å². The number of rotatable bonds is 6. The number of hydrogen-bond donors (Lipinski definition) is 0. The maximum atomic E-state index is 13.2. The van der Waals surface area contributed by atoms with Gasteiger partial charge in [-0.1, -0.05) is 24.3 Å². The van der Waals surface area contributed by atoms with Crippen molar-refractivity contribution in [2.24, 2.45) is 5.92 Å². The Hall–Kier alpha value is -4.07. The number of nitrogens with zero attached hydrogens (tertiary/aromatic N) is 7. The number of hydrogen-bond acceptors (Lipinski definition) is 6. The average molecular weight is 454 g/mol. The highest BCUT2D eigenvalue weighted by Gasteiger charge is 2.25. The first kappa shape index (κ1) is 21.8. The van der Waals surface area contributed by atoms with Crippen molar-refractivity contribution in [2.45, 2.75) is 19.3 Å². The van der Waals surface area contributed by atoms with E-state index >= 15 is 0 Å². The molecule has 2 aromatic heterocycles. The summed E-state index contributed by atoms with van der Waals surface area (Å²) in [6.45, 7) is 1.50. The molecule has 1 atom stereocenters. The molecule has 1 aliphatic heterocycles. The highest BCUT2D eigenvalue weighted by Crippen LogP contribution is 2.24. The number of carbonyl (C=O) groups is 1. The first-order valence-corrected chi connectivity index (χ1v) is 11.5. The SMILES string of the molecule is CN(c1ccccc1)c1ccc(C[C@@H]2CCCN(C(=O)c3cccc(-n4cnnc4)c3)C2)nn1. The van der Waals surface area contributed by atoms with Crippen LogP contribution >= 0.6 is 0 Å². The maximum Gasteiger partial charge on any atom is 0.253 e. The minimum Gasteiger partial charge on any atom is -0.338 e. The van der Waals surface area contributed by atoms with Gasteiger partial charge in [0.1, 0.15) is 12.7 Å². The van der Waals surface area contributed by atoms with Crippen molar-refractivity contribution in [1.82, 2.24) is 29.9 Å². The second-order valence-electron chi connectivity index (χ2n) is 8.66. The molecule has 0 aliphatic carbocycles. The molecule has 2 aromatic carbocycles. The molecule has 172 valence electrons. The van der Waals surface area contributed by atoms with Crippen molar-refractivity contribution in [3.8, 4) is 5.69 Å². The number of piperidine rings is 1. The predicted octanol–water partition coefficient (Wildman–Crippen LogP) is 3.92. The number of carbonyl (C=O) groups excluding carboxylic acids is 1. The van der Waals surface area contributed by atoms with Crippen molar-refractivity contribution in [1.29, 1.82) is 0 Å². The summed E-state index contributed by atoms with van der Waals surface area (Å²) in [5.41, 5.74) is 3.58. The van der Waals surface area contributed by atoms with Gasteiger partial charge in [-0.3, -0.25) is 9.36 Å². The van der Waals surface area contributed by atoms with Gasteiger partial charge in [-0.05, 0) is 67.6 Å². The van der Waals surface area contributed by atoms with Crippen molar-refractivity contribution >= 4 is 17.4 Å². The van der Waals surface area contributed by atoms with Gasteiger partial charge in [-0.15, -0.1) is 15.3 Å². The zero-order chi connectivity index (χ0) is 23.3. The van der Waals surface area contributed by atoms with Gasteiger partial charge in [0, 0.05) is 37.1 Å². The summed E-state index contributed by atoms with van der Waals surface area (Å²) in [6.07, 6.45) is 6.14. The molecule has 1 amide bonds. The van der Waals surface area contributed by atoms with Crippen LogP contribution in [0, 0.1) is 5.92 Å². The van der Waals surface area contributed by atoms with Crippen LogP contribution in [0.25, 0.3) is 5.69 Å². The van der Waals surface area contributed by atoms with Crippen LogP contribution in [0.2, 0.25) is 0 Å². The predicted molar refractivity (Wildman–Crippen MR) is 130 cm³/mol. The van der Waals surface area contributed by atoms with Crippen molar-refractivity contribution in [3.63, 3.8) is 0 Å². The Labute approximate surface area is 198 Å². The molecule has 0 radical (unpaired) electrons. The molecule has 4 aromatic rings. The van der Waals surface area contributed by atoms with E-state index in [-0.39, 0.29) is 5.91 Å². The standard InChI is InChI=1S/C26H27N7O/c1-31(23-9-3-2-4-10-23)25-13-12-22(29-30-25)15-20-7-6-14-32(17-20)26(34)21-8-5-11-24(16-21)33-18-27-28-19-33/h2-5,8-13,16,18-20H,6-7,14-15,17H2,1H3/t20-/m0/s1. The smallest absolute Gasteiger partial charge is 0.253 e. The Morgan fingerprint density at radius 2 is 1.82 bits per heavy atom. The van der Waals surface area contributed by atoms with Gasteiger partial charge in [-0.2, -0.15) is 5.10 Å². The lowest BCUT2D eigenvalue weighted by Crippen LogP contribution is -2.40. The number of amides is 1. The van der Waals surface area contributed by atoms with E-state index in [0.29, 0.717) is 11.5 Å². The van der Waals surface area contributed by atoms with Crippen molar-refractivity contribution < 1.29 is 4.79 Å².